The van der Waals surface area contributed by atoms with Gasteiger partial charge in [-0.3, -0.25) is 0 Å². The minimum atomic E-state index is -1.46. The number of hydrogen-bond acceptors (Lipinski definition) is 1. The quantitative estimate of drug-likeness (QED) is 0.569. The average Bonchev–Trinajstić information content (AvgIpc) is 2.25. The number of aryl methyl sites for hydroxylation is 3. The summed E-state index contributed by atoms with van der Waals surface area (Å²) in [6, 6.07) is 6.51. The molecule has 20 heavy (non-hydrogen) atoms. The second kappa shape index (κ2) is 5.34. The van der Waals surface area contributed by atoms with Crippen LogP contribution in [-0.4, -0.2) is 13.1 Å². The maximum absolute atomic E-state index is 6.16. The van der Waals surface area contributed by atoms with Crippen LogP contribution in [0.25, 0.3) is 11.1 Å². The van der Waals surface area contributed by atoms with Gasteiger partial charge in [-0.1, -0.05) is 48.9 Å². The highest BCUT2D eigenvalue weighted by atomic mass is 35.5. The summed E-state index contributed by atoms with van der Waals surface area (Å²) in [5.41, 5.74) is 6.50. The van der Waals surface area contributed by atoms with E-state index in [1.807, 2.05) is 12.3 Å². The Kier molecular flexibility index (Phi) is 4.08. The third kappa shape index (κ3) is 2.97. The van der Waals surface area contributed by atoms with Gasteiger partial charge in [0.2, 0.25) is 0 Å². The maximum Gasteiger partial charge on any atom is 0.129 e. The van der Waals surface area contributed by atoms with E-state index in [2.05, 4.69) is 57.5 Å². The third-order valence-corrected chi connectivity index (χ3v) is 5.85. The van der Waals surface area contributed by atoms with Gasteiger partial charge in [0.15, 0.2) is 0 Å². The molecule has 0 N–H and O–H groups in total. The van der Waals surface area contributed by atoms with Gasteiger partial charge in [-0.05, 0) is 54.3 Å². The van der Waals surface area contributed by atoms with Gasteiger partial charge in [0, 0.05) is 6.20 Å². The molecule has 0 amide bonds. The summed E-state index contributed by atoms with van der Waals surface area (Å²) >= 11 is 6.16. The topological polar surface area (TPSA) is 12.9 Å². The summed E-state index contributed by atoms with van der Waals surface area (Å²) < 4.78 is 0. The van der Waals surface area contributed by atoms with Crippen molar-refractivity contribution in [3.05, 3.63) is 46.2 Å². The summed E-state index contributed by atoms with van der Waals surface area (Å²) in [4.78, 5) is 4.31. The average molecular weight is 304 g/mol. The van der Waals surface area contributed by atoms with Gasteiger partial charge in [0.05, 0.1) is 8.07 Å². The number of rotatable bonds is 2. The van der Waals surface area contributed by atoms with Crippen LogP contribution in [0.3, 0.4) is 0 Å². The van der Waals surface area contributed by atoms with Crippen molar-refractivity contribution in [2.45, 2.75) is 40.4 Å². The Hall–Kier alpha value is -1.12. The molecule has 1 aromatic heterocycles. The monoisotopic (exact) mass is 303 g/mol. The highest BCUT2D eigenvalue weighted by Gasteiger charge is 2.23. The second-order valence-corrected chi connectivity index (χ2v) is 12.0. The van der Waals surface area contributed by atoms with Crippen LogP contribution in [-0.2, 0) is 0 Å². The molecule has 0 aliphatic heterocycles. The molecule has 1 nitrogen and oxygen atoms in total. The van der Waals surface area contributed by atoms with Crippen LogP contribution >= 0.6 is 11.6 Å². The van der Waals surface area contributed by atoms with Gasteiger partial charge < -0.3 is 0 Å². The van der Waals surface area contributed by atoms with Gasteiger partial charge in [-0.15, -0.1) is 0 Å². The summed E-state index contributed by atoms with van der Waals surface area (Å²) in [6.45, 7) is 13.5. The van der Waals surface area contributed by atoms with Crippen LogP contribution in [0, 0.1) is 20.8 Å². The van der Waals surface area contributed by atoms with E-state index >= 15 is 0 Å². The van der Waals surface area contributed by atoms with Crippen molar-refractivity contribution >= 4 is 24.9 Å². The molecule has 0 spiro atoms. The second-order valence-electron chi connectivity index (χ2n) is 6.58. The molecule has 0 bridgehead atoms. The molecule has 3 heteroatoms. The number of halogens is 1. The van der Waals surface area contributed by atoms with Crippen LogP contribution in [0.1, 0.15) is 16.7 Å². The fraction of sp³-hybridized carbons (Fsp3) is 0.353. The SMILES string of the molecule is Cc1cc(C)c(-c2cc(Cl)ncc2[Si](C)(C)C)c(C)c1. The zero-order chi connectivity index (χ0) is 15.1. The fourth-order valence-corrected chi connectivity index (χ4v) is 4.45. The van der Waals surface area contributed by atoms with E-state index in [-0.39, 0.29) is 0 Å². The lowest BCUT2D eigenvalue weighted by molar-refractivity contribution is 1.30. The van der Waals surface area contributed by atoms with Crippen molar-refractivity contribution in [1.82, 2.24) is 4.98 Å². The Morgan fingerprint density at radius 2 is 1.50 bits per heavy atom. The lowest BCUT2D eigenvalue weighted by Crippen LogP contribution is -2.39. The first kappa shape index (κ1) is 15.3. The van der Waals surface area contributed by atoms with E-state index in [1.165, 1.54) is 33.0 Å². The van der Waals surface area contributed by atoms with Gasteiger partial charge in [0.25, 0.3) is 0 Å². The number of aromatic nitrogens is 1. The van der Waals surface area contributed by atoms with Crippen molar-refractivity contribution < 1.29 is 0 Å². The lowest BCUT2D eigenvalue weighted by atomic mass is 9.94. The van der Waals surface area contributed by atoms with Crippen LogP contribution in [0.5, 0.6) is 0 Å². The molecule has 1 heterocycles. The molecule has 2 rings (SSSR count). The Labute approximate surface area is 128 Å². The van der Waals surface area contributed by atoms with Crippen molar-refractivity contribution in [2.24, 2.45) is 0 Å². The first-order chi connectivity index (χ1) is 9.20. The Morgan fingerprint density at radius 1 is 0.950 bits per heavy atom. The van der Waals surface area contributed by atoms with E-state index in [0.717, 1.165) is 0 Å². The molecule has 0 radical (unpaired) electrons. The van der Waals surface area contributed by atoms with Gasteiger partial charge in [-0.2, -0.15) is 0 Å². The molecule has 0 saturated heterocycles. The highest BCUT2D eigenvalue weighted by molar-refractivity contribution is 6.89. The summed E-state index contributed by atoms with van der Waals surface area (Å²) in [5.74, 6) is 0. The third-order valence-electron chi connectivity index (χ3n) is 3.62. The van der Waals surface area contributed by atoms with Gasteiger partial charge in [-0.25, -0.2) is 4.98 Å². The molecule has 0 aliphatic rings. The van der Waals surface area contributed by atoms with E-state index < -0.39 is 8.07 Å². The van der Waals surface area contributed by atoms with Crippen LogP contribution in [0.4, 0.5) is 0 Å². The van der Waals surface area contributed by atoms with Crippen molar-refractivity contribution in [3.63, 3.8) is 0 Å². The summed E-state index contributed by atoms with van der Waals surface area (Å²) in [6.07, 6.45) is 1.97. The minimum absolute atomic E-state index is 0.571. The number of benzene rings is 1. The van der Waals surface area contributed by atoms with Gasteiger partial charge >= 0.3 is 0 Å². The zero-order valence-electron chi connectivity index (χ0n) is 13.1. The van der Waals surface area contributed by atoms with Crippen LogP contribution in [0.2, 0.25) is 24.8 Å². The number of pyridine rings is 1. The molecule has 1 aromatic carbocycles. The molecule has 106 valence electrons. The predicted molar refractivity (Wildman–Crippen MR) is 91.9 cm³/mol. The maximum atomic E-state index is 6.16. The molecule has 0 aliphatic carbocycles. The van der Waals surface area contributed by atoms with Crippen LogP contribution in [0.15, 0.2) is 24.4 Å². The predicted octanol–water partition coefficient (Wildman–Crippen LogP) is 4.87. The zero-order valence-corrected chi connectivity index (χ0v) is 14.9. The molecule has 0 fully saturated rings. The minimum Gasteiger partial charge on any atom is -0.245 e. The van der Waals surface area contributed by atoms with Gasteiger partial charge in [0.1, 0.15) is 5.15 Å². The molecular weight excluding hydrogens is 282 g/mol. The smallest absolute Gasteiger partial charge is 0.129 e. The van der Waals surface area contributed by atoms with Crippen molar-refractivity contribution in [2.75, 3.05) is 0 Å². The number of nitrogens with zero attached hydrogens (tertiary/aromatic N) is 1. The molecule has 0 atom stereocenters. The van der Waals surface area contributed by atoms with E-state index in [4.69, 9.17) is 11.6 Å². The summed E-state index contributed by atoms with van der Waals surface area (Å²) in [5, 5.41) is 1.94. The molecule has 0 unspecified atom stereocenters. The van der Waals surface area contributed by atoms with E-state index in [1.54, 1.807) is 0 Å². The Balaban J connectivity index is 2.79. The largest absolute Gasteiger partial charge is 0.245 e. The molecule has 2 aromatic rings. The van der Waals surface area contributed by atoms with E-state index in [9.17, 15) is 0 Å². The highest BCUT2D eigenvalue weighted by Crippen LogP contribution is 2.29. The molecular formula is C17H22ClNSi. The van der Waals surface area contributed by atoms with Crippen molar-refractivity contribution in [3.8, 4) is 11.1 Å². The fourth-order valence-electron chi connectivity index (χ4n) is 2.84. The van der Waals surface area contributed by atoms with Crippen LogP contribution < -0.4 is 5.19 Å². The Bertz CT molecular complexity index is 634. The standard InChI is InChI=1S/C17H22ClNSi/c1-11-7-12(2)17(13(3)8-11)14-9-16(18)19-10-15(14)20(4,5)6/h7-10H,1-6H3. The van der Waals surface area contributed by atoms with Crippen molar-refractivity contribution in [1.29, 1.82) is 0 Å². The lowest BCUT2D eigenvalue weighted by Gasteiger charge is -2.23. The first-order valence-corrected chi connectivity index (χ1v) is 10.8. The normalized spacial score (nSPS) is 11.8. The first-order valence-electron chi connectivity index (χ1n) is 6.94. The Morgan fingerprint density at radius 3 is 2.00 bits per heavy atom. The molecule has 0 saturated carbocycles. The summed E-state index contributed by atoms with van der Waals surface area (Å²) in [7, 11) is -1.46. The van der Waals surface area contributed by atoms with E-state index in [0.29, 0.717) is 5.15 Å². The number of hydrogen-bond donors (Lipinski definition) is 0.